The molecule has 0 aliphatic rings. The number of carbonyl (C=O) groups excluding carboxylic acids is 2. The monoisotopic (exact) mass is 414 g/mol. The normalized spacial score (nSPS) is 12.2. The van der Waals surface area contributed by atoms with E-state index < -0.39 is 11.6 Å². The van der Waals surface area contributed by atoms with Crippen molar-refractivity contribution in [3.8, 4) is 5.75 Å². The minimum atomic E-state index is -0.718. The van der Waals surface area contributed by atoms with E-state index in [1.54, 1.807) is 19.1 Å². The van der Waals surface area contributed by atoms with Crippen molar-refractivity contribution >= 4 is 11.8 Å². The van der Waals surface area contributed by atoms with Crippen molar-refractivity contribution in [2.75, 3.05) is 6.61 Å². The summed E-state index contributed by atoms with van der Waals surface area (Å²) in [6.07, 6.45) is 0. The number of carbonyl (C=O) groups is 2. The largest absolute Gasteiger partial charge is 0.484 e. The number of halogens is 1. The number of ether oxygens (including phenoxy) is 1. The molecule has 0 saturated heterocycles. The predicted molar refractivity (Wildman–Crippen MR) is 116 cm³/mol. The molecule has 2 amide bonds. The third kappa shape index (κ3) is 7.17. The minimum Gasteiger partial charge on any atom is -0.484 e. The number of nitrogens with one attached hydrogen (secondary N) is 1. The highest BCUT2D eigenvalue weighted by atomic mass is 19.1. The number of hydrogen-bond donors (Lipinski definition) is 1. The van der Waals surface area contributed by atoms with E-state index in [0.717, 1.165) is 16.7 Å². The van der Waals surface area contributed by atoms with Crippen LogP contribution in [0.25, 0.3) is 0 Å². The van der Waals surface area contributed by atoms with Crippen molar-refractivity contribution in [1.29, 1.82) is 0 Å². The summed E-state index contributed by atoms with van der Waals surface area (Å²) in [5, 5.41) is 2.90. The lowest BCUT2D eigenvalue weighted by atomic mass is 10.1. The quantitative estimate of drug-likeness (QED) is 0.740. The maximum absolute atomic E-state index is 13.3. The Labute approximate surface area is 178 Å². The number of rotatable bonds is 7. The molecule has 30 heavy (non-hydrogen) atoms. The van der Waals surface area contributed by atoms with Gasteiger partial charge in [-0.3, -0.25) is 9.59 Å². The van der Waals surface area contributed by atoms with Gasteiger partial charge in [-0.15, -0.1) is 0 Å². The Morgan fingerprint density at radius 3 is 2.17 bits per heavy atom. The summed E-state index contributed by atoms with van der Waals surface area (Å²) in [5.74, 6) is -0.331. The van der Waals surface area contributed by atoms with E-state index in [4.69, 9.17) is 4.74 Å². The molecule has 0 bridgehead atoms. The standard InChI is InChI=1S/C24H31FN2O3/c1-16-11-17(2)13-21(12-16)30-15-22(28)27(14-19-7-9-20(25)10-8-19)18(3)23(29)26-24(4,5)6/h7-13,18H,14-15H2,1-6H3,(H,26,29)/t18-/m1/s1. The third-order valence-electron chi connectivity index (χ3n) is 4.49. The second-order valence-corrected chi connectivity index (χ2v) is 8.68. The lowest BCUT2D eigenvalue weighted by Crippen LogP contribution is -2.53. The van der Waals surface area contributed by atoms with E-state index in [2.05, 4.69) is 5.32 Å². The smallest absolute Gasteiger partial charge is 0.261 e. The van der Waals surface area contributed by atoms with Gasteiger partial charge in [0.05, 0.1) is 0 Å². The molecular formula is C24H31FN2O3. The van der Waals surface area contributed by atoms with E-state index in [0.29, 0.717) is 5.75 Å². The Balaban J connectivity index is 2.18. The summed E-state index contributed by atoms with van der Waals surface area (Å²) in [6, 6.07) is 10.9. The highest BCUT2D eigenvalue weighted by molar-refractivity contribution is 5.88. The topological polar surface area (TPSA) is 58.6 Å². The molecule has 2 rings (SSSR count). The van der Waals surface area contributed by atoms with Gasteiger partial charge in [-0.25, -0.2) is 4.39 Å². The second-order valence-electron chi connectivity index (χ2n) is 8.68. The van der Waals surface area contributed by atoms with E-state index >= 15 is 0 Å². The molecule has 0 radical (unpaired) electrons. The fourth-order valence-electron chi connectivity index (χ4n) is 3.09. The molecule has 0 fully saturated rings. The third-order valence-corrected chi connectivity index (χ3v) is 4.49. The predicted octanol–water partition coefficient (Wildman–Crippen LogP) is 4.15. The van der Waals surface area contributed by atoms with E-state index in [1.807, 2.05) is 52.8 Å². The lowest BCUT2D eigenvalue weighted by Gasteiger charge is -2.31. The van der Waals surface area contributed by atoms with Crippen LogP contribution in [0.1, 0.15) is 44.4 Å². The van der Waals surface area contributed by atoms with Gasteiger partial charge in [-0.1, -0.05) is 18.2 Å². The van der Waals surface area contributed by atoms with Gasteiger partial charge in [0.2, 0.25) is 5.91 Å². The molecule has 2 aromatic rings. The van der Waals surface area contributed by atoms with Crippen LogP contribution in [0.3, 0.4) is 0 Å². The molecule has 2 aromatic carbocycles. The number of amides is 2. The van der Waals surface area contributed by atoms with Crippen molar-refractivity contribution in [3.63, 3.8) is 0 Å². The molecule has 0 saturated carbocycles. The van der Waals surface area contributed by atoms with Crippen molar-refractivity contribution in [2.24, 2.45) is 0 Å². The van der Waals surface area contributed by atoms with Crippen LogP contribution >= 0.6 is 0 Å². The number of hydrogen-bond acceptors (Lipinski definition) is 3. The Bertz CT molecular complexity index is 868. The fourth-order valence-corrected chi connectivity index (χ4v) is 3.09. The zero-order valence-electron chi connectivity index (χ0n) is 18.6. The molecule has 0 aliphatic heterocycles. The highest BCUT2D eigenvalue weighted by Crippen LogP contribution is 2.17. The van der Waals surface area contributed by atoms with Crippen molar-refractivity contribution in [3.05, 3.63) is 65.0 Å². The number of aryl methyl sites for hydroxylation is 2. The van der Waals surface area contributed by atoms with Crippen molar-refractivity contribution < 1.29 is 18.7 Å². The average molecular weight is 415 g/mol. The maximum atomic E-state index is 13.3. The van der Waals surface area contributed by atoms with Gasteiger partial charge >= 0.3 is 0 Å². The first-order valence-corrected chi connectivity index (χ1v) is 10.0. The summed E-state index contributed by atoms with van der Waals surface area (Å²) in [5.41, 5.74) is 2.38. The SMILES string of the molecule is Cc1cc(C)cc(OCC(=O)N(Cc2ccc(F)cc2)[C@H](C)C(=O)NC(C)(C)C)c1. The van der Waals surface area contributed by atoms with Crippen LogP contribution in [0.4, 0.5) is 4.39 Å². The maximum Gasteiger partial charge on any atom is 0.261 e. The molecule has 1 atom stereocenters. The first kappa shape index (κ1) is 23.4. The Morgan fingerprint density at radius 2 is 1.63 bits per heavy atom. The van der Waals surface area contributed by atoms with Gasteiger partial charge < -0.3 is 15.0 Å². The van der Waals surface area contributed by atoms with Crippen LogP contribution < -0.4 is 10.1 Å². The Hall–Kier alpha value is -2.89. The lowest BCUT2D eigenvalue weighted by molar-refractivity contribution is -0.142. The van der Waals surface area contributed by atoms with Crippen LogP contribution in [-0.4, -0.2) is 34.9 Å². The molecule has 0 aliphatic carbocycles. The molecule has 0 aromatic heterocycles. The van der Waals surface area contributed by atoms with Gasteiger partial charge in [-0.2, -0.15) is 0 Å². The molecule has 0 heterocycles. The Kier molecular flexibility index (Phi) is 7.59. The Morgan fingerprint density at radius 1 is 1.07 bits per heavy atom. The molecular weight excluding hydrogens is 383 g/mol. The minimum absolute atomic E-state index is 0.175. The first-order chi connectivity index (χ1) is 13.9. The molecule has 162 valence electrons. The molecule has 5 nitrogen and oxygen atoms in total. The molecule has 0 unspecified atom stereocenters. The van der Waals surface area contributed by atoms with Gasteiger partial charge in [0.1, 0.15) is 17.6 Å². The first-order valence-electron chi connectivity index (χ1n) is 10.0. The second kappa shape index (κ2) is 9.74. The molecule has 6 heteroatoms. The fraction of sp³-hybridized carbons (Fsp3) is 0.417. The molecule has 0 spiro atoms. The molecule has 1 N–H and O–H groups in total. The van der Waals surface area contributed by atoms with Crippen LogP contribution in [-0.2, 0) is 16.1 Å². The van der Waals surface area contributed by atoms with E-state index in [-0.39, 0.29) is 30.8 Å². The average Bonchev–Trinajstić information content (AvgIpc) is 2.63. The van der Waals surface area contributed by atoms with Gasteiger partial charge in [0, 0.05) is 12.1 Å². The van der Waals surface area contributed by atoms with Crippen LogP contribution in [0.15, 0.2) is 42.5 Å². The summed E-state index contributed by atoms with van der Waals surface area (Å²) in [6.45, 7) is 11.2. The van der Waals surface area contributed by atoms with E-state index in [9.17, 15) is 14.0 Å². The summed E-state index contributed by atoms with van der Waals surface area (Å²) in [7, 11) is 0. The van der Waals surface area contributed by atoms with E-state index in [1.165, 1.54) is 17.0 Å². The number of benzene rings is 2. The zero-order valence-corrected chi connectivity index (χ0v) is 18.6. The van der Waals surface area contributed by atoms with Gasteiger partial charge in [0.15, 0.2) is 6.61 Å². The summed E-state index contributed by atoms with van der Waals surface area (Å²) >= 11 is 0. The van der Waals surface area contributed by atoms with Gasteiger partial charge in [0.25, 0.3) is 5.91 Å². The van der Waals surface area contributed by atoms with Crippen LogP contribution in [0.2, 0.25) is 0 Å². The van der Waals surface area contributed by atoms with Crippen LogP contribution in [0.5, 0.6) is 5.75 Å². The zero-order chi connectivity index (χ0) is 22.5. The van der Waals surface area contributed by atoms with Gasteiger partial charge in [-0.05, 0) is 82.5 Å². The highest BCUT2D eigenvalue weighted by Gasteiger charge is 2.28. The summed E-state index contributed by atoms with van der Waals surface area (Å²) < 4.78 is 19.0. The van der Waals surface area contributed by atoms with Crippen molar-refractivity contribution in [1.82, 2.24) is 10.2 Å². The van der Waals surface area contributed by atoms with Crippen molar-refractivity contribution in [2.45, 2.75) is 59.7 Å². The van der Waals surface area contributed by atoms with Crippen LogP contribution in [0, 0.1) is 19.7 Å². The summed E-state index contributed by atoms with van der Waals surface area (Å²) in [4.78, 5) is 27.2. The number of nitrogens with zero attached hydrogens (tertiary/aromatic N) is 1.